The van der Waals surface area contributed by atoms with Gasteiger partial charge in [0.2, 0.25) is 0 Å². The van der Waals surface area contributed by atoms with Crippen LogP contribution in [0.15, 0.2) is 53.8 Å². The Balaban J connectivity index is 1.61. The molecule has 0 radical (unpaired) electrons. The summed E-state index contributed by atoms with van der Waals surface area (Å²) in [6, 6.07) is 12.1. The van der Waals surface area contributed by atoms with Gasteiger partial charge in [-0.2, -0.15) is 0 Å². The fraction of sp³-hybridized carbons (Fsp3) is 0.333. The summed E-state index contributed by atoms with van der Waals surface area (Å²) in [5, 5.41) is 6.67. The van der Waals surface area contributed by atoms with Crippen LogP contribution in [-0.2, 0) is 13.0 Å². The smallest absolute Gasteiger partial charge is 0.191 e. The van der Waals surface area contributed by atoms with E-state index in [0.29, 0.717) is 6.54 Å². The van der Waals surface area contributed by atoms with Gasteiger partial charge < -0.3 is 19.8 Å². The molecule has 0 aliphatic heterocycles. The van der Waals surface area contributed by atoms with Gasteiger partial charge in [0.05, 0.1) is 19.3 Å². The molecule has 0 unspecified atom stereocenters. The number of aliphatic imine (C=N–C) groups is 1. The van der Waals surface area contributed by atoms with Crippen molar-refractivity contribution in [2.45, 2.75) is 26.8 Å². The van der Waals surface area contributed by atoms with Crippen LogP contribution in [0.3, 0.4) is 0 Å². The van der Waals surface area contributed by atoms with Crippen LogP contribution in [0.4, 0.5) is 0 Å². The summed E-state index contributed by atoms with van der Waals surface area (Å²) in [5.74, 6) is 1.65. The van der Waals surface area contributed by atoms with Gasteiger partial charge in [-0.15, -0.1) is 0 Å². The van der Waals surface area contributed by atoms with E-state index in [0.717, 1.165) is 48.1 Å². The van der Waals surface area contributed by atoms with E-state index in [2.05, 4.69) is 46.1 Å². The third-order valence-electron chi connectivity index (χ3n) is 4.35. The minimum atomic E-state index is 0.562. The first-order valence-corrected chi connectivity index (χ1v) is 9.28. The van der Waals surface area contributed by atoms with E-state index in [1.165, 1.54) is 5.56 Å². The van der Waals surface area contributed by atoms with Crippen molar-refractivity contribution in [2.24, 2.45) is 4.99 Å². The molecule has 2 heterocycles. The van der Waals surface area contributed by atoms with Crippen molar-refractivity contribution in [3.63, 3.8) is 0 Å². The molecule has 0 atom stereocenters. The molecule has 2 aromatic heterocycles. The lowest BCUT2D eigenvalue weighted by Crippen LogP contribution is -2.38. The number of imidazole rings is 1. The minimum Gasteiger partial charge on any atom is -0.496 e. The average molecular weight is 365 g/mol. The number of methoxy groups -OCH3 is 1. The SMILES string of the molecule is CCNC(=NCc1ccccc1OC)NCCc1cn2cccc(C)c2n1. The van der Waals surface area contributed by atoms with Crippen LogP contribution in [0, 0.1) is 6.92 Å². The van der Waals surface area contributed by atoms with Crippen LogP contribution in [0.1, 0.15) is 23.7 Å². The van der Waals surface area contributed by atoms with E-state index in [4.69, 9.17) is 9.72 Å². The van der Waals surface area contributed by atoms with Crippen LogP contribution in [-0.4, -0.2) is 35.5 Å². The van der Waals surface area contributed by atoms with Crippen molar-refractivity contribution >= 4 is 11.6 Å². The summed E-state index contributed by atoms with van der Waals surface area (Å²) in [6.45, 7) is 6.28. The first-order chi connectivity index (χ1) is 13.2. The van der Waals surface area contributed by atoms with Crippen LogP contribution in [0.25, 0.3) is 5.65 Å². The quantitative estimate of drug-likeness (QED) is 0.499. The van der Waals surface area contributed by atoms with Crippen molar-refractivity contribution in [1.29, 1.82) is 0 Å². The number of benzene rings is 1. The van der Waals surface area contributed by atoms with Gasteiger partial charge >= 0.3 is 0 Å². The lowest BCUT2D eigenvalue weighted by atomic mass is 10.2. The normalized spacial score (nSPS) is 11.6. The molecule has 0 aliphatic rings. The summed E-state index contributed by atoms with van der Waals surface area (Å²) < 4.78 is 7.47. The van der Waals surface area contributed by atoms with Crippen molar-refractivity contribution in [3.8, 4) is 5.75 Å². The molecule has 1 aromatic carbocycles. The monoisotopic (exact) mass is 365 g/mol. The minimum absolute atomic E-state index is 0.562. The molecule has 3 rings (SSSR count). The molecule has 6 nitrogen and oxygen atoms in total. The maximum Gasteiger partial charge on any atom is 0.191 e. The lowest BCUT2D eigenvalue weighted by Gasteiger charge is -2.11. The van der Waals surface area contributed by atoms with Crippen LogP contribution < -0.4 is 15.4 Å². The predicted molar refractivity (Wildman–Crippen MR) is 109 cm³/mol. The van der Waals surface area contributed by atoms with E-state index in [9.17, 15) is 0 Å². The number of guanidine groups is 1. The topological polar surface area (TPSA) is 63.0 Å². The van der Waals surface area contributed by atoms with Crippen molar-refractivity contribution in [2.75, 3.05) is 20.2 Å². The Bertz CT molecular complexity index is 916. The van der Waals surface area contributed by atoms with Gasteiger partial charge in [-0.05, 0) is 31.5 Å². The molecule has 6 heteroatoms. The summed E-state index contributed by atoms with van der Waals surface area (Å²) in [5.41, 5.74) is 4.33. The van der Waals surface area contributed by atoms with Gasteiger partial charge in [-0.3, -0.25) is 0 Å². The number of fused-ring (bicyclic) bond motifs is 1. The first-order valence-electron chi connectivity index (χ1n) is 9.28. The highest BCUT2D eigenvalue weighted by Crippen LogP contribution is 2.17. The van der Waals surface area contributed by atoms with E-state index in [1.807, 2.05) is 36.5 Å². The number of nitrogens with zero attached hydrogens (tertiary/aromatic N) is 3. The van der Waals surface area contributed by atoms with Gasteiger partial charge in [0.15, 0.2) is 5.96 Å². The summed E-state index contributed by atoms with van der Waals surface area (Å²) >= 11 is 0. The number of ether oxygens (including phenoxy) is 1. The highest BCUT2D eigenvalue weighted by atomic mass is 16.5. The Morgan fingerprint density at radius 1 is 1.19 bits per heavy atom. The van der Waals surface area contributed by atoms with Gasteiger partial charge in [0.25, 0.3) is 0 Å². The largest absolute Gasteiger partial charge is 0.496 e. The summed E-state index contributed by atoms with van der Waals surface area (Å²) in [6.07, 6.45) is 4.95. The highest BCUT2D eigenvalue weighted by Gasteiger charge is 2.05. The third-order valence-corrected chi connectivity index (χ3v) is 4.35. The van der Waals surface area contributed by atoms with Crippen molar-refractivity contribution in [1.82, 2.24) is 20.0 Å². The molecule has 0 saturated heterocycles. The maximum atomic E-state index is 5.39. The number of aromatic nitrogens is 2. The number of hydrogen-bond donors (Lipinski definition) is 2. The summed E-state index contributed by atoms with van der Waals surface area (Å²) in [4.78, 5) is 9.39. The third kappa shape index (κ3) is 4.78. The average Bonchev–Trinajstić information content (AvgIpc) is 3.10. The number of pyridine rings is 1. The predicted octanol–water partition coefficient (Wildman–Crippen LogP) is 2.95. The van der Waals surface area contributed by atoms with Crippen molar-refractivity contribution in [3.05, 3.63) is 65.6 Å². The standard InChI is InChI=1S/C21H27N5O/c1-4-22-21(24-14-17-9-5-6-10-19(17)27-3)23-12-11-18-15-26-13-7-8-16(2)20(26)25-18/h5-10,13,15H,4,11-12,14H2,1-3H3,(H2,22,23,24). The van der Waals surface area contributed by atoms with Crippen LogP contribution >= 0.6 is 0 Å². The molecular formula is C21H27N5O. The maximum absolute atomic E-state index is 5.39. The molecule has 0 amide bonds. The molecule has 27 heavy (non-hydrogen) atoms. The molecule has 3 aromatic rings. The number of aryl methyl sites for hydroxylation is 1. The van der Waals surface area contributed by atoms with Gasteiger partial charge in [0.1, 0.15) is 11.4 Å². The molecular weight excluding hydrogens is 338 g/mol. The van der Waals surface area contributed by atoms with E-state index in [1.54, 1.807) is 7.11 Å². The van der Waals surface area contributed by atoms with E-state index >= 15 is 0 Å². The molecule has 0 bridgehead atoms. The molecule has 2 N–H and O–H groups in total. The zero-order valence-corrected chi connectivity index (χ0v) is 16.2. The lowest BCUT2D eigenvalue weighted by molar-refractivity contribution is 0.410. The second-order valence-corrected chi connectivity index (χ2v) is 6.34. The molecule has 0 saturated carbocycles. The summed E-state index contributed by atoms with van der Waals surface area (Å²) in [7, 11) is 1.68. The van der Waals surface area contributed by atoms with E-state index < -0.39 is 0 Å². The number of hydrogen-bond acceptors (Lipinski definition) is 3. The van der Waals surface area contributed by atoms with Gasteiger partial charge in [-0.1, -0.05) is 24.3 Å². The van der Waals surface area contributed by atoms with Gasteiger partial charge in [-0.25, -0.2) is 9.98 Å². The molecule has 0 aliphatic carbocycles. The Morgan fingerprint density at radius 3 is 2.81 bits per heavy atom. The van der Waals surface area contributed by atoms with Gasteiger partial charge in [0, 0.05) is 37.5 Å². The Morgan fingerprint density at radius 2 is 2.04 bits per heavy atom. The zero-order valence-electron chi connectivity index (χ0n) is 16.2. The Kier molecular flexibility index (Phi) is 6.30. The first kappa shape index (κ1) is 18.8. The fourth-order valence-electron chi connectivity index (χ4n) is 2.97. The Hall–Kier alpha value is -3.02. The van der Waals surface area contributed by atoms with E-state index in [-0.39, 0.29) is 0 Å². The molecule has 142 valence electrons. The van der Waals surface area contributed by atoms with Crippen LogP contribution in [0.2, 0.25) is 0 Å². The second-order valence-electron chi connectivity index (χ2n) is 6.34. The zero-order chi connectivity index (χ0) is 19.1. The highest BCUT2D eigenvalue weighted by molar-refractivity contribution is 5.79. The molecule has 0 fully saturated rings. The van der Waals surface area contributed by atoms with Crippen molar-refractivity contribution < 1.29 is 4.74 Å². The number of nitrogens with one attached hydrogen (secondary N) is 2. The Labute approximate surface area is 160 Å². The number of para-hydroxylation sites is 1. The number of rotatable bonds is 7. The van der Waals surface area contributed by atoms with Crippen LogP contribution in [0.5, 0.6) is 5.75 Å². The fourth-order valence-corrected chi connectivity index (χ4v) is 2.97. The second kappa shape index (κ2) is 9.07. The molecule has 0 spiro atoms.